The molecule has 1 saturated heterocycles. The Labute approximate surface area is 186 Å². The summed E-state index contributed by atoms with van der Waals surface area (Å²) in [7, 11) is 0. The van der Waals surface area contributed by atoms with Gasteiger partial charge in [-0.1, -0.05) is 43.6 Å². The molecule has 0 spiro atoms. The molecule has 0 saturated carbocycles. The lowest BCUT2D eigenvalue weighted by Crippen LogP contribution is -2.49. The molecule has 2 heterocycles. The second kappa shape index (κ2) is 9.02. The molecule has 1 N–H and O–H groups in total. The highest BCUT2D eigenvalue weighted by atomic mass is 35.5. The number of hydrogen-bond acceptors (Lipinski definition) is 4. The van der Waals surface area contributed by atoms with Crippen LogP contribution in [0.3, 0.4) is 0 Å². The van der Waals surface area contributed by atoms with Crippen molar-refractivity contribution in [2.45, 2.75) is 20.3 Å². The van der Waals surface area contributed by atoms with Crippen LogP contribution in [-0.2, 0) is 4.79 Å². The van der Waals surface area contributed by atoms with E-state index in [4.69, 9.17) is 16.0 Å². The number of benzene rings is 2. The Morgan fingerprint density at radius 3 is 2.52 bits per heavy atom. The van der Waals surface area contributed by atoms with Crippen LogP contribution in [0.1, 0.15) is 30.8 Å². The Hall–Kier alpha value is -2.99. The van der Waals surface area contributed by atoms with Gasteiger partial charge in [0.2, 0.25) is 5.91 Å². The van der Waals surface area contributed by atoms with Crippen molar-refractivity contribution < 1.29 is 14.0 Å². The van der Waals surface area contributed by atoms with Crippen molar-refractivity contribution in [1.82, 2.24) is 4.90 Å². The van der Waals surface area contributed by atoms with Crippen LogP contribution in [0, 0.1) is 5.92 Å². The maximum absolute atomic E-state index is 12.9. The fourth-order valence-electron chi connectivity index (χ4n) is 3.84. The van der Waals surface area contributed by atoms with Crippen molar-refractivity contribution in [3.8, 4) is 0 Å². The zero-order chi connectivity index (χ0) is 22.0. The van der Waals surface area contributed by atoms with Crippen molar-refractivity contribution >= 4 is 45.8 Å². The molecule has 1 aliphatic rings. The number of amides is 2. The average Bonchev–Trinajstić information content (AvgIpc) is 3.18. The lowest BCUT2D eigenvalue weighted by Gasteiger charge is -2.37. The number of rotatable bonds is 5. The third-order valence-corrected chi connectivity index (χ3v) is 5.65. The van der Waals surface area contributed by atoms with E-state index in [-0.39, 0.29) is 17.6 Å². The van der Waals surface area contributed by atoms with Crippen LogP contribution < -0.4 is 10.2 Å². The minimum Gasteiger partial charge on any atom is -0.451 e. The number of carbonyl (C=O) groups excluding carboxylic acids is 2. The minimum atomic E-state index is -0.328. The van der Waals surface area contributed by atoms with Crippen molar-refractivity contribution in [2.75, 3.05) is 36.4 Å². The van der Waals surface area contributed by atoms with Crippen LogP contribution in [0.2, 0.25) is 5.02 Å². The predicted octanol–water partition coefficient (Wildman–Crippen LogP) is 5.03. The van der Waals surface area contributed by atoms with E-state index < -0.39 is 0 Å². The van der Waals surface area contributed by atoms with E-state index in [2.05, 4.69) is 24.1 Å². The van der Waals surface area contributed by atoms with Crippen LogP contribution in [0.5, 0.6) is 0 Å². The van der Waals surface area contributed by atoms with Crippen LogP contribution in [0.25, 0.3) is 11.0 Å². The molecule has 0 atom stereocenters. The summed E-state index contributed by atoms with van der Waals surface area (Å²) in [6.07, 6.45) is 0.569. The number of nitrogens with one attached hydrogen (secondary N) is 1. The molecular weight excluding hydrogens is 414 g/mol. The van der Waals surface area contributed by atoms with Gasteiger partial charge in [0.05, 0.1) is 11.4 Å². The largest absolute Gasteiger partial charge is 0.451 e. The zero-order valence-corrected chi connectivity index (χ0v) is 18.5. The van der Waals surface area contributed by atoms with Gasteiger partial charge in [0.1, 0.15) is 5.58 Å². The van der Waals surface area contributed by atoms with Gasteiger partial charge < -0.3 is 19.5 Å². The van der Waals surface area contributed by atoms with Gasteiger partial charge in [-0.3, -0.25) is 9.59 Å². The highest BCUT2D eigenvalue weighted by Crippen LogP contribution is 2.31. The molecule has 3 aromatic rings. The number of furan rings is 1. The molecule has 2 amide bonds. The normalized spacial score (nSPS) is 14.3. The standard InChI is InChI=1S/C24H26ClN3O3/c1-16(2)13-23(29)28-11-9-27(10-12-28)20-8-7-18(25)15-19(20)26-24(30)22-14-17-5-3-4-6-21(17)31-22/h3-8,14-16H,9-13H2,1-2H3,(H,26,30). The first kappa shape index (κ1) is 21.2. The molecule has 7 heteroatoms. The number of hydrogen-bond donors (Lipinski definition) is 1. The van der Waals surface area contributed by atoms with Gasteiger partial charge in [0.25, 0.3) is 5.91 Å². The molecule has 0 aliphatic carbocycles. The van der Waals surface area contributed by atoms with Gasteiger partial charge in [-0.25, -0.2) is 0 Å². The number of halogens is 1. The zero-order valence-electron chi connectivity index (χ0n) is 17.7. The van der Waals surface area contributed by atoms with Crippen molar-refractivity contribution in [3.63, 3.8) is 0 Å². The lowest BCUT2D eigenvalue weighted by atomic mass is 10.1. The van der Waals surface area contributed by atoms with E-state index >= 15 is 0 Å². The first-order chi connectivity index (χ1) is 14.9. The monoisotopic (exact) mass is 439 g/mol. The molecule has 31 heavy (non-hydrogen) atoms. The molecule has 1 fully saturated rings. The fraction of sp³-hybridized carbons (Fsp3) is 0.333. The molecule has 0 unspecified atom stereocenters. The second-order valence-electron chi connectivity index (χ2n) is 8.23. The summed E-state index contributed by atoms with van der Waals surface area (Å²) in [4.78, 5) is 29.3. The van der Waals surface area contributed by atoms with E-state index in [0.29, 0.717) is 54.8 Å². The van der Waals surface area contributed by atoms with Crippen molar-refractivity contribution in [1.29, 1.82) is 0 Å². The first-order valence-electron chi connectivity index (χ1n) is 10.5. The Bertz CT molecular complexity index is 1070. The molecular formula is C24H26ClN3O3. The molecule has 0 bridgehead atoms. The second-order valence-corrected chi connectivity index (χ2v) is 8.67. The first-order valence-corrected chi connectivity index (χ1v) is 10.9. The van der Waals surface area contributed by atoms with Gasteiger partial charge in [0, 0.05) is 43.0 Å². The molecule has 1 aliphatic heterocycles. The summed E-state index contributed by atoms with van der Waals surface area (Å²) in [5.41, 5.74) is 2.17. The number of anilines is 2. The third-order valence-electron chi connectivity index (χ3n) is 5.41. The van der Waals surface area contributed by atoms with Crippen molar-refractivity contribution in [3.05, 3.63) is 59.3 Å². The predicted molar refractivity (Wildman–Crippen MR) is 124 cm³/mol. The van der Waals surface area contributed by atoms with E-state index in [0.717, 1.165) is 11.1 Å². The van der Waals surface area contributed by atoms with Gasteiger partial charge in [-0.2, -0.15) is 0 Å². The van der Waals surface area contributed by atoms with Crippen LogP contribution in [0.15, 0.2) is 52.9 Å². The smallest absolute Gasteiger partial charge is 0.291 e. The summed E-state index contributed by atoms with van der Waals surface area (Å²) in [5.74, 6) is 0.465. The number of piperazine rings is 1. The molecule has 0 radical (unpaired) electrons. The maximum atomic E-state index is 12.9. The summed E-state index contributed by atoms with van der Waals surface area (Å²) in [5, 5.41) is 4.36. The SMILES string of the molecule is CC(C)CC(=O)N1CCN(c2ccc(Cl)cc2NC(=O)c2cc3ccccc3o2)CC1. The number of fused-ring (bicyclic) bond motifs is 1. The topological polar surface area (TPSA) is 65.8 Å². The fourth-order valence-corrected chi connectivity index (χ4v) is 4.01. The van der Waals surface area contributed by atoms with Crippen LogP contribution in [-0.4, -0.2) is 42.9 Å². The molecule has 4 rings (SSSR count). The Morgan fingerprint density at radius 2 is 1.81 bits per heavy atom. The lowest BCUT2D eigenvalue weighted by molar-refractivity contribution is -0.132. The van der Waals surface area contributed by atoms with E-state index in [1.165, 1.54) is 0 Å². The van der Waals surface area contributed by atoms with Gasteiger partial charge in [-0.15, -0.1) is 0 Å². The highest BCUT2D eigenvalue weighted by molar-refractivity contribution is 6.31. The highest BCUT2D eigenvalue weighted by Gasteiger charge is 2.24. The Balaban J connectivity index is 1.49. The number of carbonyl (C=O) groups is 2. The molecule has 1 aromatic heterocycles. The van der Waals surface area contributed by atoms with E-state index in [1.54, 1.807) is 12.1 Å². The molecule has 6 nitrogen and oxygen atoms in total. The third kappa shape index (κ3) is 4.85. The Morgan fingerprint density at radius 1 is 1.06 bits per heavy atom. The van der Waals surface area contributed by atoms with Crippen LogP contribution >= 0.6 is 11.6 Å². The summed E-state index contributed by atoms with van der Waals surface area (Å²) in [6, 6.07) is 14.7. The Kier molecular flexibility index (Phi) is 6.18. The summed E-state index contributed by atoms with van der Waals surface area (Å²) < 4.78 is 5.69. The summed E-state index contributed by atoms with van der Waals surface area (Å²) >= 11 is 6.22. The number of para-hydroxylation sites is 1. The molecule has 162 valence electrons. The average molecular weight is 440 g/mol. The van der Waals surface area contributed by atoms with Crippen LogP contribution in [0.4, 0.5) is 11.4 Å². The van der Waals surface area contributed by atoms with E-state index in [1.807, 2.05) is 41.3 Å². The quantitative estimate of drug-likeness (QED) is 0.605. The van der Waals surface area contributed by atoms with Gasteiger partial charge >= 0.3 is 0 Å². The van der Waals surface area contributed by atoms with E-state index in [9.17, 15) is 9.59 Å². The van der Waals surface area contributed by atoms with Gasteiger partial charge in [-0.05, 0) is 36.2 Å². The number of nitrogens with zero attached hydrogens (tertiary/aromatic N) is 2. The van der Waals surface area contributed by atoms with Crippen molar-refractivity contribution in [2.24, 2.45) is 5.92 Å². The minimum absolute atomic E-state index is 0.198. The molecule has 2 aromatic carbocycles. The summed E-state index contributed by atoms with van der Waals surface area (Å²) in [6.45, 7) is 6.81. The van der Waals surface area contributed by atoms with Gasteiger partial charge in [0.15, 0.2) is 5.76 Å². The maximum Gasteiger partial charge on any atom is 0.291 e.